The Labute approximate surface area is 75.7 Å². The van der Waals surface area contributed by atoms with E-state index in [1.54, 1.807) is 18.9 Å². The Hall–Kier alpha value is -0.340. The Morgan fingerprint density at radius 1 is 1.45 bits per heavy atom. The van der Waals surface area contributed by atoms with Crippen molar-refractivity contribution in [2.45, 2.75) is 4.90 Å². The highest BCUT2D eigenvalue weighted by atomic mass is 35.5. The van der Waals surface area contributed by atoms with E-state index in [4.69, 9.17) is 16.3 Å². The molecule has 0 aliphatic rings. The molecule has 1 rings (SSSR count). The number of thioether (sulfide) groups is 1. The highest BCUT2D eigenvalue weighted by Crippen LogP contribution is 2.28. The number of hydrogen-bond acceptors (Lipinski definition) is 2. The van der Waals surface area contributed by atoms with Crippen LogP contribution < -0.4 is 4.74 Å². The van der Waals surface area contributed by atoms with E-state index in [-0.39, 0.29) is 0 Å². The van der Waals surface area contributed by atoms with Gasteiger partial charge in [-0.25, -0.2) is 0 Å². The van der Waals surface area contributed by atoms with Crippen molar-refractivity contribution < 1.29 is 4.74 Å². The fourth-order valence-corrected chi connectivity index (χ4v) is 1.63. The summed E-state index contributed by atoms with van der Waals surface area (Å²) >= 11 is 7.53. The van der Waals surface area contributed by atoms with Crippen molar-refractivity contribution in [3.05, 3.63) is 23.2 Å². The quantitative estimate of drug-likeness (QED) is 0.660. The Balaban J connectivity index is 2.99. The third kappa shape index (κ3) is 2.04. The first kappa shape index (κ1) is 8.75. The van der Waals surface area contributed by atoms with Crippen molar-refractivity contribution in [1.82, 2.24) is 0 Å². The van der Waals surface area contributed by atoms with E-state index < -0.39 is 0 Å². The molecule has 1 aromatic rings. The monoisotopic (exact) mass is 188 g/mol. The fourth-order valence-electron chi connectivity index (χ4n) is 0.774. The standard InChI is InChI=1S/C8H9ClOS/c1-10-6-3-4-8(11-2)7(9)5-6/h3-5H,1-2H3. The maximum absolute atomic E-state index is 5.91. The number of benzene rings is 1. The van der Waals surface area contributed by atoms with Crippen molar-refractivity contribution in [2.24, 2.45) is 0 Å². The highest BCUT2D eigenvalue weighted by Gasteiger charge is 1.99. The van der Waals surface area contributed by atoms with Gasteiger partial charge in [0.15, 0.2) is 0 Å². The van der Waals surface area contributed by atoms with E-state index in [0.29, 0.717) is 0 Å². The lowest BCUT2D eigenvalue weighted by molar-refractivity contribution is 0.414. The molecule has 0 radical (unpaired) electrons. The molecule has 0 atom stereocenters. The third-order valence-corrected chi connectivity index (χ3v) is 2.58. The van der Waals surface area contributed by atoms with Gasteiger partial charge in [-0.15, -0.1) is 11.8 Å². The lowest BCUT2D eigenvalue weighted by atomic mass is 10.3. The zero-order valence-electron chi connectivity index (χ0n) is 6.43. The minimum atomic E-state index is 0.747. The summed E-state index contributed by atoms with van der Waals surface area (Å²) in [6, 6.07) is 5.66. The van der Waals surface area contributed by atoms with Crippen LogP contribution in [0.15, 0.2) is 23.1 Å². The lowest BCUT2D eigenvalue weighted by Crippen LogP contribution is -1.82. The smallest absolute Gasteiger partial charge is 0.120 e. The largest absolute Gasteiger partial charge is 0.497 e. The molecular weight excluding hydrogens is 180 g/mol. The van der Waals surface area contributed by atoms with E-state index in [0.717, 1.165) is 15.7 Å². The van der Waals surface area contributed by atoms with Gasteiger partial charge in [-0.3, -0.25) is 0 Å². The second-order valence-electron chi connectivity index (χ2n) is 2.00. The highest BCUT2D eigenvalue weighted by molar-refractivity contribution is 7.98. The van der Waals surface area contributed by atoms with Crippen molar-refractivity contribution in [3.8, 4) is 5.75 Å². The Morgan fingerprint density at radius 2 is 2.18 bits per heavy atom. The van der Waals surface area contributed by atoms with Crippen molar-refractivity contribution in [3.63, 3.8) is 0 Å². The number of halogens is 1. The van der Waals surface area contributed by atoms with Crippen LogP contribution in [0.4, 0.5) is 0 Å². The SMILES string of the molecule is COc1ccc(SC)c(Cl)c1. The average molecular weight is 189 g/mol. The van der Waals surface area contributed by atoms with Crippen molar-refractivity contribution in [1.29, 1.82) is 0 Å². The minimum Gasteiger partial charge on any atom is -0.497 e. The van der Waals surface area contributed by atoms with E-state index in [9.17, 15) is 0 Å². The number of methoxy groups -OCH3 is 1. The van der Waals surface area contributed by atoms with Crippen LogP contribution in [0.2, 0.25) is 5.02 Å². The summed E-state index contributed by atoms with van der Waals surface area (Å²) in [4.78, 5) is 1.08. The second kappa shape index (κ2) is 3.88. The van der Waals surface area contributed by atoms with Gasteiger partial charge in [0.2, 0.25) is 0 Å². The molecule has 0 fully saturated rings. The van der Waals surface area contributed by atoms with Crippen LogP contribution in [0.1, 0.15) is 0 Å². The second-order valence-corrected chi connectivity index (χ2v) is 3.26. The van der Waals surface area contributed by atoms with Crippen LogP contribution in [-0.4, -0.2) is 13.4 Å². The number of ether oxygens (including phenoxy) is 1. The molecule has 0 heterocycles. The molecule has 1 aromatic carbocycles. The summed E-state index contributed by atoms with van der Waals surface area (Å²) in [5, 5.41) is 0.747. The first-order valence-corrected chi connectivity index (χ1v) is 4.75. The topological polar surface area (TPSA) is 9.23 Å². The van der Waals surface area contributed by atoms with Crippen LogP contribution in [0.5, 0.6) is 5.75 Å². The molecule has 60 valence electrons. The molecule has 0 N–H and O–H groups in total. The Kier molecular flexibility index (Phi) is 3.09. The molecule has 0 unspecified atom stereocenters. The molecule has 0 amide bonds. The summed E-state index contributed by atoms with van der Waals surface area (Å²) in [5.41, 5.74) is 0. The van der Waals surface area contributed by atoms with E-state index in [1.807, 2.05) is 24.5 Å². The molecule has 0 aliphatic carbocycles. The molecule has 11 heavy (non-hydrogen) atoms. The van der Waals surface area contributed by atoms with Gasteiger partial charge in [-0.1, -0.05) is 11.6 Å². The zero-order chi connectivity index (χ0) is 8.27. The third-order valence-electron chi connectivity index (χ3n) is 1.36. The molecule has 0 spiro atoms. The summed E-state index contributed by atoms with van der Waals surface area (Å²) in [6.45, 7) is 0. The van der Waals surface area contributed by atoms with Crippen LogP contribution >= 0.6 is 23.4 Å². The molecule has 0 aromatic heterocycles. The predicted molar refractivity (Wildman–Crippen MR) is 49.8 cm³/mol. The first-order chi connectivity index (χ1) is 5.27. The molecule has 0 aliphatic heterocycles. The normalized spacial score (nSPS) is 9.73. The van der Waals surface area contributed by atoms with Gasteiger partial charge in [0.05, 0.1) is 12.1 Å². The van der Waals surface area contributed by atoms with Crippen LogP contribution in [0, 0.1) is 0 Å². The number of rotatable bonds is 2. The fraction of sp³-hybridized carbons (Fsp3) is 0.250. The van der Waals surface area contributed by atoms with Crippen molar-refractivity contribution >= 4 is 23.4 Å². The molecular formula is C8H9ClOS. The van der Waals surface area contributed by atoms with Gasteiger partial charge >= 0.3 is 0 Å². The zero-order valence-corrected chi connectivity index (χ0v) is 8.00. The van der Waals surface area contributed by atoms with Gasteiger partial charge in [0.1, 0.15) is 5.75 Å². The Bertz CT molecular complexity index is 250. The molecule has 0 saturated carbocycles. The lowest BCUT2D eigenvalue weighted by Gasteiger charge is -2.02. The van der Waals surface area contributed by atoms with E-state index >= 15 is 0 Å². The van der Waals surface area contributed by atoms with E-state index in [2.05, 4.69) is 0 Å². The molecule has 3 heteroatoms. The molecule has 0 saturated heterocycles. The van der Waals surface area contributed by atoms with Gasteiger partial charge in [0.25, 0.3) is 0 Å². The van der Waals surface area contributed by atoms with E-state index in [1.165, 1.54) is 0 Å². The number of hydrogen-bond donors (Lipinski definition) is 0. The average Bonchev–Trinajstić information content (AvgIpc) is 2.04. The molecule has 1 nitrogen and oxygen atoms in total. The van der Waals surface area contributed by atoms with Gasteiger partial charge in [0, 0.05) is 4.90 Å². The first-order valence-electron chi connectivity index (χ1n) is 3.15. The van der Waals surface area contributed by atoms with Gasteiger partial charge < -0.3 is 4.74 Å². The maximum atomic E-state index is 5.91. The van der Waals surface area contributed by atoms with Crippen LogP contribution in [0.3, 0.4) is 0 Å². The summed E-state index contributed by atoms with van der Waals surface area (Å²) in [5.74, 6) is 0.799. The van der Waals surface area contributed by atoms with Crippen molar-refractivity contribution in [2.75, 3.05) is 13.4 Å². The van der Waals surface area contributed by atoms with Gasteiger partial charge in [-0.05, 0) is 24.5 Å². The minimum absolute atomic E-state index is 0.747. The summed E-state index contributed by atoms with van der Waals surface area (Å²) in [6.07, 6.45) is 1.99. The Morgan fingerprint density at radius 3 is 2.64 bits per heavy atom. The van der Waals surface area contributed by atoms with Crippen LogP contribution in [0.25, 0.3) is 0 Å². The summed E-state index contributed by atoms with van der Waals surface area (Å²) in [7, 11) is 1.63. The van der Waals surface area contributed by atoms with Crippen LogP contribution in [-0.2, 0) is 0 Å². The molecule has 0 bridgehead atoms. The summed E-state index contributed by atoms with van der Waals surface area (Å²) < 4.78 is 5.00. The maximum Gasteiger partial charge on any atom is 0.120 e. The predicted octanol–water partition coefficient (Wildman–Crippen LogP) is 3.07. The van der Waals surface area contributed by atoms with Gasteiger partial charge in [-0.2, -0.15) is 0 Å².